The summed E-state index contributed by atoms with van der Waals surface area (Å²) in [6.07, 6.45) is 0.644. The molecule has 1 fully saturated rings. The molecule has 4 rings (SSSR count). The molecule has 1 aliphatic heterocycles. The van der Waals surface area contributed by atoms with Crippen LogP contribution in [0.25, 0.3) is 5.69 Å². The van der Waals surface area contributed by atoms with Crippen molar-refractivity contribution in [2.24, 2.45) is 0 Å². The van der Waals surface area contributed by atoms with E-state index < -0.39 is 15.8 Å². The van der Waals surface area contributed by atoms with Gasteiger partial charge in [0.2, 0.25) is 10.0 Å². The molecule has 0 amide bonds. The SMILES string of the molecule is O=c1ccc(N2CCCN(S(=O)(=O)Cc3ccccc3)CC2)nn1-c1ccc(F)cc1. The van der Waals surface area contributed by atoms with Gasteiger partial charge in [-0.2, -0.15) is 8.99 Å². The van der Waals surface area contributed by atoms with Crippen molar-refractivity contribution in [2.45, 2.75) is 12.2 Å². The van der Waals surface area contributed by atoms with Crippen LogP contribution < -0.4 is 10.5 Å². The summed E-state index contributed by atoms with van der Waals surface area (Å²) in [5.74, 6) is 0.158. The monoisotopic (exact) mass is 442 g/mol. The molecular formula is C22H23FN4O3S. The number of benzene rings is 2. The van der Waals surface area contributed by atoms with Gasteiger partial charge in [-0.25, -0.2) is 12.8 Å². The molecule has 0 unspecified atom stereocenters. The van der Waals surface area contributed by atoms with E-state index in [-0.39, 0.29) is 11.3 Å². The maximum Gasteiger partial charge on any atom is 0.271 e. The topological polar surface area (TPSA) is 75.5 Å². The third-order valence-electron chi connectivity index (χ3n) is 5.22. The zero-order valence-electron chi connectivity index (χ0n) is 16.9. The quantitative estimate of drug-likeness (QED) is 0.607. The minimum atomic E-state index is -3.43. The third kappa shape index (κ3) is 5.00. The number of hydrogen-bond acceptors (Lipinski definition) is 5. The van der Waals surface area contributed by atoms with E-state index in [2.05, 4.69) is 5.10 Å². The second-order valence-corrected chi connectivity index (χ2v) is 9.37. The highest BCUT2D eigenvalue weighted by Gasteiger charge is 2.26. The van der Waals surface area contributed by atoms with Gasteiger partial charge in [0.15, 0.2) is 0 Å². The Morgan fingerprint density at radius 1 is 0.871 bits per heavy atom. The zero-order valence-corrected chi connectivity index (χ0v) is 17.7. The van der Waals surface area contributed by atoms with E-state index in [9.17, 15) is 17.6 Å². The number of sulfonamides is 1. The van der Waals surface area contributed by atoms with Crippen LogP contribution in [0.2, 0.25) is 0 Å². The predicted octanol–water partition coefficient (Wildman–Crippen LogP) is 2.41. The smallest absolute Gasteiger partial charge is 0.271 e. The number of rotatable bonds is 5. The Kier molecular flexibility index (Phi) is 6.15. The second-order valence-electron chi connectivity index (χ2n) is 7.40. The van der Waals surface area contributed by atoms with Crippen LogP contribution in [0.1, 0.15) is 12.0 Å². The second kappa shape index (κ2) is 8.99. The summed E-state index contributed by atoms with van der Waals surface area (Å²) in [6.45, 7) is 1.85. The van der Waals surface area contributed by atoms with Crippen LogP contribution in [0, 0.1) is 5.82 Å². The minimum Gasteiger partial charge on any atom is -0.354 e. The van der Waals surface area contributed by atoms with Gasteiger partial charge >= 0.3 is 0 Å². The summed E-state index contributed by atoms with van der Waals surface area (Å²) in [5, 5.41) is 4.43. The van der Waals surface area contributed by atoms with Crippen molar-refractivity contribution < 1.29 is 12.8 Å². The van der Waals surface area contributed by atoms with E-state index in [1.807, 2.05) is 35.2 Å². The van der Waals surface area contributed by atoms with Crippen molar-refractivity contribution in [2.75, 3.05) is 31.1 Å². The summed E-state index contributed by atoms with van der Waals surface area (Å²) in [4.78, 5) is 14.2. The summed E-state index contributed by atoms with van der Waals surface area (Å²) in [7, 11) is -3.43. The molecule has 1 aliphatic rings. The molecule has 3 aromatic rings. The van der Waals surface area contributed by atoms with E-state index in [0.717, 1.165) is 5.56 Å². The molecule has 1 saturated heterocycles. The van der Waals surface area contributed by atoms with Crippen molar-refractivity contribution in [1.82, 2.24) is 14.1 Å². The normalized spacial score (nSPS) is 15.6. The Bertz CT molecular complexity index is 1200. The largest absolute Gasteiger partial charge is 0.354 e. The molecule has 0 radical (unpaired) electrons. The Labute approximate surface area is 180 Å². The lowest BCUT2D eigenvalue weighted by Crippen LogP contribution is -2.36. The lowest BCUT2D eigenvalue weighted by atomic mass is 10.2. The number of anilines is 1. The molecule has 0 atom stereocenters. The van der Waals surface area contributed by atoms with E-state index in [1.54, 1.807) is 6.07 Å². The average molecular weight is 443 g/mol. The minimum absolute atomic E-state index is 0.0263. The van der Waals surface area contributed by atoms with Crippen molar-refractivity contribution in [3.8, 4) is 5.69 Å². The number of aromatic nitrogens is 2. The number of hydrogen-bond donors (Lipinski definition) is 0. The van der Waals surface area contributed by atoms with Crippen molar-refractivity contribution >= 4 is 15.8 Å². The van der Waals surface area contributed by atoms with Crippen molar-refractivity contribution in [3.63, 3.8) is 0 Å². The molecule has 0 spiro atoms. The molecule has 2 aromatic carbocycles. The highest BCUT2D eigenvalue weighted by molar-refractivity contribution is 7.88. The van der Waals surface area contributed by atoms with Crippen LogP contribution in [0.3, 0.4) is 0 Å². The fraction of sp³-hybridized carbons (Fsp3) is 0.273. The van der Waals surface area contributed by atoms with Crippen LogP contribution in [0.4, 0.5) is 10.2 Å². The molecule has 7 nitrogen and oxygen atoms in total. The first-order chi connectivity index (χ1) is 14.9. The molecule has 0 bridgehead atoms. The lowest BCUT2D eigenvalue weighted by Gasteiger charge is -2.23. The predicted molar refractivity (Wildman–Crippen MR) is 117 cm³/mol. The molecule has 2 heterocycles. The van der Waals surface area contributed by atoms with Crippen LogP contribution in [-0.2, 0) is 15.8 Å². The van der Waals surface area contributed by atoms with Gasteiger partial charge in [0.25, 0.3) is 5.56 Å². The lowest BCUT2D eigenvalue weighted by molar-refractivity contribution is 0.432. The zero-order chi connectivity index (χ0) is 21.8. The Morgan fingerprint density at radius 3 is 2.35 bits per heavy atom. The fourth-order valence-electron chi connectivity index (χ4n) is 3.61. The van der Waals surface area contributed by atoms with Crippen LogP contribution in [-0.4, -0.2) is 48.7 Å². The van der Waals surface area contributed by atoms with Gasteiger partial charge in [0.1, 0.15) is 11.6 Å². The summed E-state index contributed by atoms with van der Waals surface area (Å²) >= 11 is 0. The number of nitrogens with zero attached hydrogens (tertiary/aromatic N) is 4. The van der Waals surface area contributed by atoms with Gasteiger partial charge < -0.3 is 4.90 Å². The van der Waals surface area contributed by atoms with E-state index in [0.29, 0.717) is 44.1 Å². The highest BCUT2D eigenvalue weighted by Crippen LogP contribution is 2.17. The third-order valence-corrected chi connectivity index (χ3v) is 7.07. The first-order valence-electron chi connectivity index (χ1n) is 10.1. The van der Waals surface area contributed by atoms with E-state index in [1.165, 1.54) is 39.3 Å². The Morgan fingerprint density at radius 2 is 1.61 bits per heavy atom. The molecule has 1 aromatic heterocycles. The summed E-state index contributed by atoms with van der Waals surface area (Å²) < 4.78 is 41.7. The first-order valence-corrected chi connectivity index (χ1v) is 11.7. The van der Waals surface area contributed by atoms with Gasteiger partial charge in [-0.3, -0.25) is 4.79 Å². The standard InChI is InChI=1S/C22H23FN4O3S/c23-19-7-9-20(10-8-19)27-22(28)12-11-21(24-27)25-13-4-14-26(16-15-25)31(29,30)17-18-5-2-1-3-6-18/h1-3,5-12H,4,13-17H2. The van der Waals surface area contributed by atoms with Crippen LogP contribution in [0.5, 0.6) is 0 Å². The molecule has 31 heavy (non-hydrogen) atoms. The molecule has 0 aliphatic carbocycles. The van der Waals surface area contributed by atoms with Crippen molar-refractivity contribution in [1.29, 1.82) is 0 Å². The van der Waals surface area contributed by atoms with Gasteiger partial charge in [0, 0.05) is 32.2 Å². The van der Waals surface area contributed by atoms with E-state index >= 15 is 0 Å². The molecule has 9 heteroatoms. The van der Waals surface area contributed by atoms with Gasteiger partial charge in [0.05, 0.1) is 11.4 Å². The maximum atomic E-state index is 13.2. The average Bonchev–Trinajstić information content (AvgIpc) is 3.02. The van der Waals surface area contributed by atoms with Crippen molar-refractivity contribution in [3.05, 3.63) is 88.5 Å². The Balaban J connectivity index is 1.50. The summed E-state index contributed by atoms with van der Waals surface area (Å²) in [5.41, 5.74) is 0.907. The molecule has 162 valence electrons. The highest BCUT2D eigenvalue weighted by atomic mass is 32.2. The fourth-order valence-corrected chi connectivity index (χ4v) is 5.18. The molecular weight excluding hydrogens is 419 g/mol. The van der Waals surface area contributed by atoms with Gasteiger partial charge in [-0.05, 0) is 42.3 Å². The van der Waals surface area contributed by atoms with E-state index in [4.69, 9.17) is 0 Å². The first kappa shape index (κ1) is 21.2. The molecule has 0 N–H and O–H groups in total. The molecule has 0 saturated carbocycles. The Hall–Kier alpha value is -3.04. The summed E-state index contributed by atoms with van der Waals surface area (Å²) in [6, 6.07) is 17.7. The van der Waals surface area contributed by atoms with Gasteiger partial charge in [-0.1, -0.05) is 30.3 Å². The number of halogens is 1. The maximum absolute atomic E-state index is 13.2. The van der Waals surface area contributed by atoms with Gasteiger partial charge in [-0.15, -0.1) is 5.10 Å². The van der Waals surface area contributed by atoms with Crippen LogP contribution in [0.15, 0.2) is 71.5 Å². The van der Waals surface area contributed by atoms with Crippen LogP contribution >= 0.6 is 0 Å².